The van der Waals surface area contributed by atoms with Crippen LogP contribution in [0.25, 0.3) is 11.3 Å². The molecule has 0 radical (unpaired) electrons. The SMILES string of the molecule is O=C(c1cnc2c(c1)OCc1ccc(Cl)cc1-2)c1cc(Br)ccc1O. The van der Waals surface area contributed by atoms with E-state index < -0.39 is 0 Å². The molecule has 0 amide bonds. The number of ether oxygens (including phenoxy) is 1. The van der Waals surface area contributed by atoms with Gasteiger partial charge in [0.15, 0.2) is 5.78 Å². The molecule has 0 unspecified atom stereocenters. The van der Waals surface area contributed by atoms with Crippen LogP contribution in [0.3, 0.4) is 0 Å². The molecule has 0 spiro atoms. The van der Waals surface area contributed by atoms with Crippen molar-refractivity contribution in [1.29, 1.82) is 0 Å². The van der Waals surface area contributed by atoms with Crippen molar-refractivity contribution < 1.29 is 14.6 Å². The number of halogens is 2. The molecule has 0 bridgehead atoms. The molecular formula is C19H11BrClNO3. The van der Waals surface area contributed by atoms with Gasteiger partial charge in [-0.1, -0.05) is 33.6 Å². The molecule has 124 valence electrons. The standard InChI is InChI=1S/C19H11BrClNO3/c20-12-2-4-16(23)15(6-12)19(24)11-5-17-18(22-8-11)14-7-13(21)3-1-10(14)9-25-17/h1-8,23H,9H2. The van der Waals surface area contributed by atoms with E-state index in [-0.39, 0.29) is 17.1 Å². The first-order chi connectivity index (χ1) is 12.0. The van der Waals surface area contributed by atoms with Crippen LogP contribution in [-0.2, 0) is 6.61 Å². The summed E-state index contributed by atoms with van der Waals surface area (Å²) in [6.45, 7) is 0.390. The molecular weight excluding hydrogens is 406 g/mol. The van der Waals surface area contributed by atoms with E-state index >= 15 is 0 Å². The third-order valence-electron chi connectivity index (χ3n) is 4.03. The van der Waals surface area contributed by atoms with Crippen molar-refractivity contribution in [2.45, 2.75) is 6.61 Å². The van der Waals surface area contributed by atoms with E-state index in [9.17, 15) is 9.90 Å². The molecule has 1 aliphatic heterocycles. The van der Waals surface area contributed by atoms with Crippen LogP contribution in [0.5, 0.6) is 11.5 Å². The molecule has 0 fully saturated rings. The molecule has 6 heteroatoms. The highest BCUT2D eigenvalue weighted by molar-refractivity contribution is 9.10. The lowest BCUT2D eigenvalue weighted by molar-refractivity contribution is 0.103. The number of ketones is 1. The van der Waals surface area contributed by atoms with Gasteiger partial charge in [-0.05, 0) is 42.0 Å². The average Bonchev–Trinajstić information content (AvgIpc) is 2.62. The zero-order valence-electron chi connectivity index (χ0n) is 12.8. The fourth-order valence-corrected chi connectivity index (χ4v) is 3.31. The molecule has 2 heterocycles. The molecule has 0 atom stereocenters. The summed E-state index contributed by atoms with van der Waals surface area (Å²) in [6.07, 6.45) is 1.49. The first-order valence-corrected chi connectivity index (χ1v) is 8.65. The molecule has 1 N–H and O–H groups in total. The number of nitrogens with zero attached hydrogens (tertiary/aromatic N) is 1. The van der Waals surface area contributed by atoms with E-state index in [1.165, 1.54) is 12.3 Å². The predicted octanol–water partition coefficient (Wildman–Crippen LogP) is 4.99. The summed E-state index contributed by atoms with van der Waals surface area (Å²) in [4.78, 5) is 17.1. The Bertz CT molecular complexity index is 1020. The van der Waals surface area contributed by atoms with Gasteiger partial charge in [0.05, 0.1) is 5.56 Å². The van der Waals surface area contributed by atoms with Crippen molar-refractivity contribution in [2.24, 2.45) is 0 Å². The first-order valence-electron chi connectivity index (χ1n) is 7.48. The van der Waals surface area contributed by atoms with Gasteiger partial charge in [0.1, 0.15) is 23.8 Å². The van der Waals surface area contributed by atoms with E-state index in [0.29, 0.717) is 33.1 Å². The summed E-state index contributed by atoms with van der Waals surface area (Å²) in [5.74, 6) is 0.119. The van der Waals surface area contributed by atoms with E-state index in [2.05, 4.69) is 20.9 Å². The van der Waals surface area contributed by atoms with Crippen molar-refractivity contribution in [2.75, 3.05) is 0 Å². The Morgan fingerprint density at radius 1 is 1.20 bits per heavy atom. The Kier molecular flexibility index (Phi) is 3.98. The quantitative estimate of drug-likeness (QED) is 0.598. The summed E-state index contributed by atoms with van der Waals surface area (Å²) in [7, 11) is 0. The first kappa shape index (κ1) is 16.1. The number of fused-ring (bicyclic) bond motifs is 3. The second kappa shape index (κ2) is 6.17. The van der Waals surface area contributed by atoms with Gasteiger partial charge in [-0.2, -0.15) is 0 Å². The second-order valence-electron chi connectivity index (χ2n) is 5.65. The van der Waals surface area contributed by atoms with Gasteiger partial charge in [0.25, 0.3) is 0 Å². The van der Waals surface area contributed by atoms with Crippen molar-refractivity contribution in [3.05, 3.63) is 74.8 Å². The van der Waals surface area contributed by atoms with Crippen molar-refractivity contribution in [3.8, 4) is 22.8 Å². The van der Waals surface area contributed by atoms with Crippen molar-refractivity contribution in [3.63, 3.8) is 0 Å². The zero-order valence-corrected chi connectivity index (χ0v) is 15.1. The molecule has 1 aromatic heterocycles. The number of pyridine rings is 1. The molecule has 0 saturated heterocycles. The lowest BCUT2D eigenvalue weighted by atomic mass is 9.99. The number of rotatable bonds is 2. The third-order valence-corrected chi connectivity index (χ3v) is 4.76. The smallest absolute Gasteiger partial charge is 0.198 e. The summed E-state index contributed by atoms with van der Waals surface area (Å²) in [5.41, 5.74) is 3.10. The Labute approximate surface area is 157 Å². The van der Waals surface area contributed by atoms with Gasteiger partial charge in [-0.15, -0.1) is 0 Å². The van der Waals surface area contributed by atoms with Gasteiger partial charge in [0.2, 0.25) is 0 Å². The Hall–Kier alpha value is -2.37. The highest BCUT2D eigenvalue weighted by Gasteiger charge is 2.22. The van der Waals surface area contributed by atoms with Gasteiger partial charge in [-0.25, -0.2) is 0 Å². The number of phenolic OH excluding ortho intramolecular Hbond substituents is 1. The van der Waals surface area contributed by atoms with Gasteiger partial charge in [-0.3, -0.25) is 9.78 Å². The highest BCUT2D eigenvalue weighted by atomic mass is 79.9. The van der Waals surface area contributed by atoms with Gasteiger partial charge < -0.3 is 9.84 Å². The number of phenols is 1. The minimum absolute atomic E-state index is 0.0797. The zero-order chi connectivity index (χ0) is 17.6. The number of aromatic hydroxyl groups is 1. The van der Waals surface area contributed by atoms with Crippen LogP contribution >= 0.6 is 27.5 Å². The van der Waals surface area contributed by atoms with E-state index in [1.54, 1.807) is 18.2 Å². The number of hydrogen-bond donors (Lipinski definition) is 1. The minimum atomic E-state index is -0.324. The lowest BCUT2D eigenvalue weighted by Gasteiger charge is -2.20. The fourth-order valence-electron chi connectivity index (χ4n) is 2.78. The lowest BCUT2D eigenvalue weighted by Crippen LogP contribution is -2.09. The molecule has 0 aliphatic carbocycles. The number of aromatic nitrogens is 1. The minimum Gasteiger partial charge on any atom is -0.507 e. The maximum atomic E-state index is 12.7. The third kappa shape index (κ3) is 2.90. The molecule has 3 aromatic rings. The second-order valence-corrected chi connectivity index (χ2v) is 7.00. The van der Waals surface area contributed by atoms with Crippen LogP contribution in [0, 0.1) is 0 Å². The molecule has 0 saturated carbocycles. The monoisotopic (exact) mass is 415 g/mol. The van der Waals surface area contributed by atoms with Crippen LogP contribution in [-0.4, -0.2) is 15.9 Å². The van der Waals surface area contributed by atoms with Crippen LogP contribution in [0.1, 0.15) is 21.5 Å². The molecule has 1 aliphatic rings. The van der Waals surface area contributed by atoms with E-state index in [0.717, 1.165) is 11.1 Å². The van der Waals surface area contributed by atoms with E-state index in [1.807, 2.05) is 18.2 Å². The normalized spacial score (nSPS) is 12.1. The fraction of sp³-hybridized carbons (Fsp3) is 0.0526. The molecule has 4 rings (SSSR count). The van der Waals surface area contributed by atoms with Crippen LogP contribution < -0.4 is 4.74 Å². The topological polar surface area (TPSA) is 59.4 Å². The number of benzene rings is 2. The number of hydrogen-bond acceptors (Lipinski definition) is 4. The van der Waals surface area contributed by atoms with Gasteiger partial charge in [0, 0.05) is 26.8 Å². The summed E-state index contributed by atoms with van der Waals surface area (Å²) in [5, 5.41) is 10.6. The van der Waals surface area contributed by atoms with Gasteiger partial charge >= 0.3 is 0 Å². The summed E-state index contributed by atoms with van der Waals surface area (Å²) < 4.78 is 6.45. The van der Waals surface area contributed by atoms with E-state index in [4.69, 9.17) is 16.3 Å². The molecule has 2 aromatic carbocycles. The Morgan fingerprint density at radius 2 is 2.04 bits per heavy atom. The Balaban J connectivity index is 1.78. The van der Waals surface area contributed by atoms with Crippen LogP contribution in [0.2, 0.25) is 5.02 Å². The predicted molar refractivity (Wildman–Crippen MR) is 98.3 cm³/mol. The van der Waals surface area contributed by atoms with Crippen LogP contribution in [0.4, 0.5) is 0 Å². The highest BCUT2D eigenvalue weighted by Crippen LogP contribution is 2.38. The summed E-state index contributed by atoms with van der Waals surface area (Å²) >= 11 is 9.39. The Morgan fingerprint density at radius 3 is 2.88 bits per heavy atom. The largest absolute Gasteiger partial charge is 0.507 e. The number of carbonyl (C=O) groups excluding carboxylic acids is 1. The van der Waals surface area contributed by atoms with Crippen molar-refractivity contribution >= 4 is 33.3 Å². The molecule has 4 nitrogen and oxygen atoms in total. The maximum absolute atomic E-state index is 12.7. The number of carbonyl (C=O) groups is 1. The average molecular weight is 417 g/mol. The maximum Gasteiger partial charge on any atom is 0.198 e. The van der Waals surface area contributed by atoms with Crippen molar-refractivity contribution in [1.82, 2.24) is 4.98 Å². The summed E-state index contributed by atoms with van der Waals surface area (Å²) in [6, 6.07) is 11.9. The molecule has 25 heavy (non-hydrogen) atoms. The van der Waals surface area contributed by atoms with Crippen LogP contribution in [0.15, 0.2) is 53.1 Å².